The highest BCUT2D eigenvalue weighted by Crippen LogP contribution is 2.30. The number of hydrogen-bond acceptors (Lipinski definition) is 2. The number of benzene rings is 2. The Balaban J connectivity index is 2.30. The molecular weight excluding hydrogens is 232 g/mol. The van der Waals surface area contributed by atoms with Gasteiger partial charge >= 0.3 is 0 Å². The van der Waals surface area contributed by atoms with Crippen LogP contribution in [0.1, 0.15) is 11.1 Å². The zero-order valence-electron chi connectivity index (χ0n) is 11.1. The van der Waals surface area contributed by atoms with Gasteiger partial charge < -0.3 is 5.73 Å². The molecule has 94 valence electrons. The quantitative estimate of drug-likeness (QED) is 0.704. The second-order valence-corrected chi connectivity index (χ2v) is 4.87. The Kier molecular flexibility index (Phi) is 2.71. The molecule has 3 aromatic rings. The fourth-order valence-corrected chi connectivity index (χ4v) is 2.35. The van der Waals surface area contributed by atoms with Gasteiger partial charge in [-0.3, -0.25) is 0 Å². The van der Waals surface area contributed by atoms with E-state index in [-0.39, 0.29) is 0 Å². The van der Waals surface area contributed by atoms with Crippen molar-refractivity contribution in [2.24, 2.45) is 0 Å². The molecule has 0 atom stereocenters. The Labute approximate surface area is 112 Å². The van der Waals surface area contributed by atoms with Gasteiger partial charge in [0.2, 0.25) is 0 Å². The van der Waals surface area contributed by atoms with Crippen molar-refractivity contribution in [2.45, 2.75) is 13.8 Å². The number of rotatable bonds is 1. The summed E-state index contributed by atoms with van der Waals surface area (Å²) in [6.45, 7) is 4.18. The highest BCUT2D eigenvalue weighted by Gasteiger charge is 2.08. The van der Waals surface area contributed by atoms with Crippen LogP contribution < -0.4 is 5.73 Å². The molecule has 1 aromatic heterocycles. The molecule has 1 heterocycles. The molecule has 0 spiro atoms. The predicted molar refractivity (Wildman–Crippen MR) is 81.1 cm³/mol. The molecule has 0 unspecified atom stereocenters. The first-order valence-electron chi connectivity index (χ1n) is 6.38. The van der Waals surface area contributed by atoms with E-state index in [2.05, 4.69) is 49.2 Å². The van der Waals surface area contributed by atoms with Crippen LogP contribution in [0.25, 0.3) is 22.0 Å². The molecule has 19 heavy (non-hydrogen) atoms. The van der Waals surface area contributed by atoms with Crippen molar-refractivity contribution in [2.75, 3.05) is 5.73 Å². The molecular formula is C17H16N2. The van der Waals surface area contributed by atoms with Crippen molar-refractivity contribution in [1.82, 2.24) is 4.98 Å². The van der Waals surface area contributed by atoms with Crippen LogP contribution in [0.3, 0.4) is 0 Å². The summed E-state index contributed by atoms with van der Waals surface area (Å²) in [7, 11) is 0. The van der Waals surface area contributed by atoms with E-state index < -0.39 is 0 Å². The third kappa shape index (κ3) is 1.95. The second-order valence-electron chi connectivity index (χ2n) is 4.87. The molecule has 2 aromatic carbocycles. The number of pyridine rings is 1. The lowest BCUT2D eigenvalue weighted by Crippen LogP contribution is -1.97. The molecule has 3 rings (SSSR count). The second kappa shape index (κ2) is 4.39. The fraction of sp³-hybridized carbons (Fsp3) is 0.118. The Morgan fingerprint density at radius 3 is 2.42 bits per heavy atom. The smallest absolute Gasteiger partial charge is 0.132 e. The minimum atomic E-state index is 0.590. The van der Waals surface area contributed by atoms with E-state index >= 15 is 0 Å². The third-order valence-corrected chi connectivity index (χ3v) is 3.63. The number of nitrogens with zero attached hydrogens (tertiary/aromatic N) is 1. The van der Waals surface area contributed by atoms with Crippen LogP contribution in [0.2, 0.25) is 0 Å². The van der Waals surface area contributed by atoms with E-state index in [9.17, 15) is 0 Å². The van der Waals surface area contributed by atoms with Crippen LogP contribution in [0, 0.1) is 13.8 Å². The van der Waals surface area contributed by atoms with Crippen LogP contribution >= 0.6 is 0 Å². The largest absolute Gasteiger partial charge is 0.383 e. The number of aromatic nitrogens is 1. The molecule has 2 nitrogen and oxygen atoms in total. The van der Waals surface area contributed by atoms with Gasteiger partial charge in [-0.1, -0.05) is 42.5 Å². The molecule has 0 aliphatic heterocycles. The van der Waals surface area contributed by atoms with Crippen molar-refractivity contribution in [3.63, 3.8) is 0 Å². The van der Waals surface area contributed by atoms with Crippen LogP contribution in [-0.2, 0) is 0 Å². The molecule has 0 bridgehead atoms. The van der Waals surface area contributed by atoms with Crippen molar-refractivity contribution < 1.29 is 0 Å². The normalized spacial score (nSPS) is 10.8. The molecule has 0 aliphatic carbocycles. The van der Waals surface area contributed by atoms with Gasteiger partial charge in [-0.2, -0.15) is 0 Å². The molecule has 0 radical (unpaired) electrons. The zero-order valence-corrected chi connectivity index (χ0v) is 11.1. The molecule has 2 heteroatoms. The molecule has 0 saturated heterocycles. The number of aryl methyl sites for hydroxylation is 2. The Morgan fingerprint density at radius 1 is 0.947 bits per heavy atom. The van der Waals surface area contributed by atoms with Gasteiger partial charge in [0.25, 0.3) is 0 Å². The first-order valence-corrected chi connectivity index (χ1v) is 6.38. The monoisotopic (exact) mass is 248 g/mol. The number of anilines is 1. The summed E-state index contributed by atoms with van der Waals surface area (Å²) in [5, 5.41) is 1.14. The minimum absolute atomic E-state index is 0.590. The zero-order chi connectivity index (χ0) is 13.4. The molecule has 0 fully saturated rings. The summed E-state index contributed by atoms with van der Waals surface area (Å²) in [4.78, 5) is 4.59. The summed E-state index contributed by atoms with van der Waals surface area (Å²) in [5.41, 5.74) is 11.7. The van der Waals surface area contributed by atoms with E-state index in [1.54, 1.807) is 0 Å². The average Bonchev–Trinajstić information content (AvgIpc) is 2.44. The van der Waals surface area contributed by atoms with Crippen LogP contribution in [0.4, 0.5) is 5.82 Å². The molecule has 0 saturated carbocycles. The summed E-state index contributed by atoms with van der Waals surface area (Å²) < 4.78 is 0. The number of fused-ring (bicyclic) bond motifs is 1. The topological polar surface area (TPSA) is 38.9 Å². The van der Waals surface area contributed by atoms with Gasteiger partial charge in [-0.15, -0.1) is 0 Å². The first-order chi connectivity index (χ1) is 9.16. The Hall–Kier alpha value is -2.35. The standard InChI is InChI=1S/C17H16N2/c1-11-8-9-14-10-15(13-6-4-3-5-7-13)17(18)19-16(14)12(11)2/h3-10H,1-2H3,(H2,18,19). The van der Waals surface area contributed by atoms with E-state index in [4.69, 9.17) is 5.73 Å². The summed E-state index contributed by atoms with van der Waals surface area (Å²) in [5.74, 6) is 0.590. The first kappa shape index (κ1) is 11.7. The van der Waals surface area contributed by atoms with Crippen molar-refractivity contribution in [3.8, 4) is 11.1 Å². The lowest BCUT2D eigenvalue weighted by Gasteiger charge is -2.10. The SMILES string of the molecule is Cc1ccc2cc(-c3ccccc3)c(N)nc2c1C. The van der Waals surface area contributed by atoms with Gasteiger partial charge in [0.15, 0.2) is 0 Å². The maximum atomic E-state index is 6.13. The van der Waals surface area contributed by atoms with Gasteiger partial charge in [-0.05, 0) is 36.6 Å². The maximum Gasteiger partial charge on any atom is 0.132 e. The van der Waals surface area contributed by atoms with Crippen LogP contribution in [0.5, 0.6) is 0 Å². The lowest BCUT2D eigenvalue weighted by molar-refractivity contribution is 1.32. The van der Waals surface area contributed by atoms with E-state index in [0.717, 1.165) is 22.0 Å². The lowest BCUT2D eigenvalue weighted by atomic mass is 10.0. The average molecular weight is 248 g/mol. The number of hydrogen-bond donors (Lipinski definition) is 1. The van der Waals surface area contributed by atoms with Crippen LogP contribution in [-0.4, -0.2) is 4.98 Å². The van der Waals surface area contributed by atoms with Gasteiger partial charge in [0, 0.05) is 10.9 Å². The molecule has 0 aliphatic rings. The summed E-state index contributed by atoms with van der Waals surface area (Å²) in [6, 6.07) is 16.5. The van der Waals surface area contributed by atoms with Crippen LogP contribution in [0.15, 0.2) is 48.5 Å². The highest BCUT2D eigenvalue weighted by atomic mass is 14.8. The highest BCUT2D eigenvalue weighted by molar-refractivity contribution is 5.90. The van der Waals surface area contributed by atoms with Crippen molar-refractivity contribution in [3.05, 3.63) is 59.7 Å². The molecule has 2 N–H and O–H groups in total. The third-order valence-electron chi connectivity index (χ3n) is 3.63. The predicted octanol–water partition coefficient (Wildman–Crippen LogP) is 4.10. The fourth-order valence-electron chi connectivity index (χ4n) is 2.35. The van der Waals surface area contributed by atoms with Gasteiger partial charge in [0.05, 0.1) is 5.52 Å². The van der Waals surface area contributed by atoms with E-state index in [1.807, 2.05) is 18.2 Å². The van der Waals surface area contributed by atoms with Gasteiger partial charge in [0.1, 0.15) is 5.82 Å². The van der Waals surface area contributed by atoms with Crippen molar-refractivity contribution >= 4 is 16.7 Å². The van der Waals surface area contributed by atoms with Crippen molar-refractivity contribution in [1.29, 1.82) is 0 Å². The molecule has 0 amide bonds. The van der Waals surface area contributed by atoms with E-state index in [1.165, 1.54) is 11.1 Å². The maximum absolute atomic E-state index is 6.13. The summed E-state index contributed by atoms with van der Waals surface area (Å²) >= 11 is 0. The van der Waals surface area contributed by atoms with Gasteiger partial charge in [-0.25, -0.2) is 4.98 Å². The number of nitrogen functional groups attached to an aromatic ring is 1. The number of nitrogens with two attached hydrogens (primary N) is 1. The van der Waals surface area contributed by atoms with E-state index in [0.29, 0.717) is 5.82 Å². The Bertz CT molecular complexity index is 746. The minimum Gasteiger partial charge on any atom is -0.383 e. The Morgan fingerprint density at radius 2 is 1.68 bits per heavy atom. The summed E-state index contributed by atoms with van der Waals surface area (Å²) in [6.07, 6.45) is 0.